The average molecular weight is 250 g/mol. The molecule has 16 heavy (non-hydrogen) atoms. The third kappa shape index (κ3) is 4.36. The second-order valence-corrected chi connectivity index (χ2v) is 7.09. The fourth-order valence-electron chi connectivity index (χ4n) is 1.94. The molecule has 2 aliphatic rings. The first-order chi connectivity index (χ1) is 7.95. The Balaban J connectivity index is 1.43. The van der Waals surface area contributed by atoms with Crippen LogP contribution in [0.2, 0.25) is 0 Å². The van der Waals surface area contributed by atoms with Crippen LogP contribution in [0.25, 0.3) is 0 Å². The first kappa shape index (κ1) is 12.3. The average Bonchev–Trinajstić information content (AvgIpc) is 2.96. The summed E-state index contributed by atoms with van der Waals surface area (Å²) in [4.78, 5) is 0. The minimum Gasteiger partial charge on any atom is -0.121 e. The summed E-state index contributed by atoms with van der Waals surface area (Å²) >= 11 is 0. The Morgan fingerprint density at radius 1 is 0.625 bits per heavy atom. The zero-order valence-electron chi connectivity index (χ0n) is 9.60. The van der Waals surface area contributed by atoms with Gasteiger partial charge in [0.25, 0.3) is 0 Å². The maximum absolute atomic E-state index is 2.32. The molecule has 0 amide bonds. The van der Waals surface area contributed by atoms with Crippen LogP contribution >= 0.6 is 17.2 Å². The molecule has 2 aliphatic carbocycles. The van der Waals surface area contributed by atoms with E-state index in [4.69, 9.17) is 0 Å². The van der Waals surface area contributed by atoms with E-state index < -0.39 is 0 Å². The van der Waals surface area contributed by atoms with Gasteiger partial charge in [0.15, 0.2) is 0 Å². The summed E-state index contributed by atoms with van der Waals surface area (Å²) in [6.07, 6.45) is 23.6. The van der Waals surface area contributed by atoms with E-state index in [0.29, 0.717) is 0 Å². The molecule has 0 bridgehead atoms. The molecule has 0 nitrogen and oxygen atoms in total. The van der Waals surface area contributed by atoms with Gasteiger partial charge < -0.3 is 0 Å². The minimum atomic E-state index is 0.752. The van der Waals surface area contributed by atoms with E-state index in [2.05, 4.69) is 48.6 Å². The summed E-state index contributed by atoms with van der Waals surface area (Å²) in [7, 11) is 2.31. The topological polar surface area (TPSA) is 0 Å². The van der Waals surface area contributed by atoms with Gasteiger partial charge in [-0.3, -0.25) is 0 Å². The van der Waals surface area contributed by atoms with Gasteiger partial charge in [-0.25, -0.2) is 0 Å². The Morgan fingerprint density at radius 2 is 1.00 bits per heavy atom. The molecular formula is C14H20P2. The lowest BCUT2D eigenvalue weighted by molar-refractivity contribution is 0.967. The molecular weight excluding hydrogens is 230 g/mol. The summed E-state index contributed by atoms with van der Waals surface area (Å²) in [6, 6.07) is 0. The van der Waals surface area contributed by atoms with E-state index in [1.54, 1.807) is 0 Å². The molecule has 0 N–H and O–H groups in total. The van der Waals surface area contributed by atoms with Gasteiger partial charge in [0.05, 0.1) is 0 Å². The fourth-order valence-corrected chi connectivity index (χ4v) is 4.98. The third-order valence-electron chi connectivity index (χ3n) is 2.89. The molecule has 0 spiro atoms. The molecule has 2 unspecified atom stereocenters. The van der Waals surface area contributed by atoms with E-state index in [1.165, 1.54) is 24.6 Å². The standard InChI is InChI=1S/C14H20P2/c1-2-6-13(5-1)11-15-9-10-16-12-14-7-3-4-8-14/h1-8,13-16H,9-12H2. The minimum absolute atomic E-state index is 0.752. The molecule has 0 saturated carbocycles. The summed E-state index contributed by atoms with van der Waals surface area (Å²) in [5.41, 5.74) is 0. The molecule has 0 aliphatic heterocycles. The van der Waals surface area contributed by atoms with Crippen molar-refractivity contribution in [1.29, 1.82) is 0 Å². The van der Waals surface area contributed by atoms with Crippen LogP contribution in [-0.4, -0.2) is 24.6 Å². The lowest BCUT2D eigenvalue weighted by Gasteiger charge is -2.07. The first-order valence-corrected chi connectivity index (χ1v) is 8.89. The highest BCUT2D eigenvalue weighted by molar-refractivity contribution is 7.42. The number of hydrogen-bond donors (Lipinski definition) is 0. The van der Waals surface area contributed by atoms with E-state index in [0.717, 1.165) is 29.0 Å². The van der Waals surface area contributed by atoms with Gasteiger partial charge in [0.2, 0.25) is 0 Å². The second-order valence-electron chi connectivity index (χ2n) is 4.28. The van der Waals surface area contributed by atoms with Gasteiger partial charge in [-0.1, -0.05) is 48.6 Å². The van der Waals surface area contributed by atoms with Crippen molar-refractivity contribution in [3.63, 3.8) is 0 Å². The van der Waals surface area contributed by atoms with Gasteiger partial charge in [-0.15, -0.1) is 17.2 Å². The van der Waals surface area contributed by atoms with Crippen LogP contribution in [0.1, 0.15) is 0 Å². The molecule has 0 aromatic rings. The zero-order chi connectivity index (χ0) is 11.1. The van der Waals surface area contributed by atoms with Gasteiger partial charge in [-0.2, -0.15) is 0 Å². The highest BCUT2D eigenvalue weighted by Crippen LogP contribution is 2.25. The van der Waals surface area contributed by atoms with Crippen molar-refractivity contribution in [2.24, 2.45) is 11.8 Å². The quantitative estimate of drug-likeness (QED) is 0.476. The highest BCUT2D eigenvalue weighted by Gasteiger charge is 2.04. The first-order valence-electron chi connectivity index (χ1n) is 6.06. The van der Waals surface area contributed by atoms with E-state index >= 15 is 0 Å². The highest BCUT2D eigenvalue weighted by atomic mass is 31.1. The summed E-state index contributed by atoms with van der Waals surface area (Å²) < 4.78 is 0. The maximum atomic E-state index is 2.32. The van der Waals surface area contributed by atoms with Crippen molar-refractivity contribution < 1.29 is 0 Å². The van der Waals surface area contributed by atoms with Gasteiger partial charge in [0, 0.05) is 0 Å². The van der Waals surface area contributed by atoms with Crippen LogP contribution < -0.4 is 0 Å². The Morgan fingerprint density at radius 3 is 1.38 bits per heavy atom. The van der Waals surface area contributed by atoms with Crippen LogP contribution in [0.15, 0.2) is 48.6 Å². The smallest absolute Gasteiger partial charge is 0.00103 e. The van der Waals surface area contributed by atoms with Crippen LogP contribution in [0.3, 0.4) is 0 Å². The number of hydrogen-bond acceptors (Lipinski definition) is 0. The molecule has 0 radical (unpaired) electrons. The molecule has 0 aromatic carbocycles. The van der Waals surface area contributed by atoms with Crippen molar-refractivity contribution in [2.45, 2.75) is 0 Å². The summed E-state index contributed by atoms with van der Waals surface area (Å²) in [5, 5.41) is 0. The molecule has 0 heterocycles. The molecule has 0 aromatic heterocycles. The molecule has 2 rings (SSSR count). The number of allylic oxidation sites excluding steroid dienone is 8. The van der Waals surface area contributed by atoms with Crippen molar-refractivity contribution in [3.05, 3.63) is 48.6 Å². The molecule has 0 saturated heterocycles. The van der Waals surface area contributed by atoms with Crippen molar-refractivity contribution in [3.8, 4) is 0 Å². The number of rotatable bonds is 7. The van der Waals surface area contributed by atoms with E-state index in [9.17, 15) is 0 Å². The van der Waals surface area contributed by atoms with Gasteiger partial charge >= 0.3 is 0 Å². The lowest BCUT2D eigenvalue weighted by Crippen LogP contribution is -1.95. The molecule has 86 valence electrons. The van der Waals surface area contributed by atoms with Crippen LogP contribution in [0, 0.1) is 11.8 Å². The normalized spacial score (nSPS) is 20.8. The van der Waals surface area contributed by atoms with Crippen molar-refractivity contribution in [2.75, 3.05) is 24.6 Å². The molecule has 0 fully saturated rings. The predicted octanol–water partition coefficient (Wildman–Crippen LogP) is 3.83. The van der Waals surface area contributed by atoms with Crippen molar-refractivity contribution in [1.82, 2.24) is 0 Å². The monoisotopic (exact) mass is 250 g/mol. The molecule has 2 heteroatoms. The zero-order valence-corrected chi connectivity index (χ0v) is 11.6. The Bertz CT molecular complexity index is 257. The van der Waals surface area contributed by atoms with Crippen molar-refractivity contribution >= 4 is 17.2 Å². The largest absolute Gasteiger partial charge is 0.121 e. The van der Waals surface area contributed by atoms with Gasteiger partial charge in [0.1, 0.15) is 0 Å². The predicted molar refractivity (Wildman–Crippen MR) is 79.6 cm³/mol. The summed E-state index contributed by atoms with van der Waals surface area (Å²) in [5.74, 6) is 1.50. The van der Waals surface area contributed by atoms with E-state index in [1.807, 2.05) is 0 Å². The molecule has 2 atom stereocenters. The SMILES string of the molecule is C1=CC(CPCCPCC2C=CC=C2)C=C1. The Hall–Kier alpha value is -0.180. The third-order valence-corrected chi connectivity index (χ3v) is 6.12. The Labute approximate surface area is 103 Å². The van der Waals surface area contributed by atoms with Crippen LogP contribution in [-0.2, 0) is 0 Å². The second kappa shape index (κ2) is 7.21. The maximum Gasteiger partial charge on any atom is -0.00103 e. The Kier molecular flexibility index (Phi) is 5.53. The fraction of sp³-hybridized carbons (Fsp3) is 0.429. The lowest BCUT2D eigenvalue weighted by atomic mass is 10.2. The summed E-state index contributed by atoms with van der Waals surface area (Å²) in [6.45, 7) is 0. The van der Waals surface area contributed by atoms with Crippen LogP contribution in [0.4, 0.5) is 0 Å². The van der Waals surface area contributed by atoms with Crippen LogP contribution in [0.5, 0.6) is 0 Å². The van der Waals surface area contributed by atoms with Gasteiger partial charge in [-0.05, 0) is 36.5 Å². The van der Waals surface area contributed by atoms with E-state index in [-0.39, 0.29) is 0 Å².